The largest absolute Gasteiger partial charge is 0.378 e. The van der Waals surface area contributed by atoms with Gasteiger partial charge in [0.05, 0.1) is 24.5 Å². The maximum absolute atomic E-state index is 12.6. The normalized spacial score (nSPS) is 16.4. The minimum Gasteiger partial charge on any atom is -0.378 e. The number of ether oxygens (including phenoxy) is 1. The Morgan fingerprint density at radius 1 is 0.972 bits per heavy atom. The van der Waals surface area contributed by atoms with Gasteiger partial charge in [0.15, 0.2) is 0 Å². The van der Waals surface area contributed by atoms with Crippen molar-refractivity contribution < 1.29 is 14.3 Å². The molecule has 0 bridgehead atoms. The maximum atomic E-state index is 12.6. The molecule has 2 aliphatic rings. The van der Waals surface area contributed by atoms with Gasteiger partial charge in [-0.1, -0.05) is 18.2 Å². The number of H-pyrrole nitrogens is 1. The summed E-state index contributed by atoms with van der Waals surface area (Å²) in [5.74, 6) is 0.347. The summed E-state index contributed by atoms with van der Waals surface area (Å²) in [5.41, 5.74) is 10.3. The van der Waals surface area contributed by atoms with Crippen LogP contribution in [0.2, 0.25) is 0 Å². The number of nitrogens with zero attached hydrogens (tertiary/aromatic N) is 3. The van der Waals surface area contributed by atoms with Crippen LogP contribution in [-0.2, 0) is 4.74 Å². The number of aromatic nitrogens is 2. The number of anilines is 1. The van der Waals surface area contributed by atoms with E-state index in [4.69, 9.17) is 10.5 Å². The second-order valence-electron chi connectivity index (χ2n) is 8.88. The molecule has 2 amide bonds. The number of primary amides is 1. The fourth-order valence-electron chi connectivity index (χ4n) is 4.50. The highest BCUT2D eigenvalue weighted by Crippen LogP contribution is 2.28. The maximum Gasteiger partial charge on any atom is 0.254 e. The highest BCUT2D eigenvalue weighted by Gasteiger charge is 2.21. The van der Waals surface area contributed by atoms with Gasteiger partial charge in [0.25, 0.3) is 11.8 Å². The number of nitrogens with one attached hydrogen (secondary N) is 2. The Kier molecular flexibility index (Phi) is 7.11. The highest BCUT2D eigenvalue weighted by atomic mass is 16.5. The Hall–Kier alpha value is -3.95. The molecule has 3 aromatic rings. The van der Waals surface area contributed by atoms with Crippen LogP contribution < -0.4 is 16.0 Å². The van der Waals surface area contributed by atoms with E-state index in [9.17, 15) is 9.59 Å². The molecule has 2 aliphatic heterocycles. The molecule has 1 aromatic carbocycles. The number of carbonyl (C=O) groups is 2. The quantitative estimate of drug-likeness (QED) is 0.492. The SMILES string of the molecule is NC(=O)c1cc(-c2ccnc(/C=C/c3ccc(C(=O)N4CCOCC4)cc3)c2)[nH]c1N1CCNCC1. The lowest BCUT2D eigenvalue weighted by Crippen LogP contribution is -2.44. The fraction of sp³-hybridized carbons (Fsp3) is 0.296. The van der Waals surface area contributed by atoms with Gasteiger partial charge in [-0.2, -0.15) is 0 Å². The highest BCUT2D eigenvalue weighted by molar-refractivity contribution is 6.00. The Balaban J connectivity index is 1.31. The molecule has 4 heterocycles. The topological polar surface area (TPSA) is 117 Å². The van der Waals surface area contributed by atoms with Crippen molar-refractivity contribution in [1.82, 2.24) is 20.2 Å². The number of morpholine rings is 1. The first-order chi connectivity index (χ1) is 17.6. The molecule has 2 aromatic heterocycles. The van der Waals surface area contributed by atoms with E-state index >= 15 is 0 Å². The number of benzene rings is 1. The molecule has 0 spiro atoms. The lowest BCUT2D eigenvalue weighted by Gasteiger charge is -2.28. The first-order valence-corrected chi connectivity index (χ1v) is 12.2. The summed E-state index contributed by atoms with van der Waals surface area (Å²) in [6, 6.07) is 13.2. The standard InChI is InChI=1S/C27H30N6O3/c28-25(34)23-18-24(31-26(23)32-11-9-29-10-12-32)21-7-8-30-22(17-21)6-3-19-1-4-20(5-2-19)27(35)33-13-15-36-16-14-33/h1-8,17-18,29,31H,9-16H2,(H2,28,34)/b6-3+. The van der Waals surface area contributed by atoms with Crippen LogP contribution in [0.5, 0.6) is 0 Å². The molecule has 4 N–H and O–H groups in total. The van der Waals surface area contributed by atoms with E-state index in [0.29, 0.717) is 37.4 Å². The summed E-state index contributed by atoms with van der Waals surface area (Å²) in [6.07, 6.45) is 5.64. The van der Waals surface area contributed by atoms with Crippen LogP contribution >= 0.6 is 0 Å². The van der Waals surface area contributed by atoms with Crippen LogP contribution in [0, 0.1) is 0 Å². The van der Waals surface area contributed by atoms with Crippen LogP contribution in [0.3, 0.4) is 0 Å². The van der Waals surface area contributed by atoms with Crippen molar-refractivity contribution in [3.8, 4) is 11.3 Å². The van der Waals surface area contributed by atoms with Gasteiger partial charge in [-0.25, -0.2) is 0 Å². The Bertz CT molecular complexity index is 1250. The van der Waals surface area contributed by atoms with E-state index in [1.165, 1.54) is 0 Å². The molecule has 0 aliphatic carbocycles. The van der Waals surface area contributed by atoms with Crippen LogP contribution in [0.4, 0.5) is 5.82 Å². The van der Waals surface area contributed by atoms with E-state index in [2.05, 4.69) is 20.2 Å². The van der Waals surface area contributed by atoms with Crippen molar-refractivity contribution in [3.05, 3.63) is 71.0 Å². The van der Waals surface area contributed by atoms with Crippen molar-refractivity contribution in [3.63, 3.8) is 0 Å². The van der Waals surface area contributed by atoms with E-state index in [1.807, 2.05) is 59.5 Å². The summed E-state index contributed by atoms with van der Waals surface area (Å²) in [4.78, 5) is 36.6. The Morgan fingerprint density at radius 2 is 1.72 bits per heavy atom. The first-order valence-electron chi connectivity index (χ1n) is 12.2. The van der Waals surface area contributed by atoms with Crippen LogP contribution in [0.1, 0.15) is 32.0 Å². The molecule has 0 unspecified atom stereocenters. The molecule has 9 heteroatoms. The third kappa shape index (κ3) is 5.32. The number of pyridine rings is 1. The number of nitrogens with two attached hydrogens (primary N) is 1. The van der Waals surface area contributed by atoms with Gasteiger partial charge in [0.1, 0.15) is 5.82 Å². The fourth-order valence-corrected chi connectivity index (χ4v) is 4.50. The van der Waals surface area contributed by atoms with Crippen molar-refractivity contribution in [2.45, 2.75) is 0 Å². The second-order valence-corrected chi connectivity index (χ2v) is 8.88. The van der Waals surface area contributed by atoms with Gasteiger partial charge in [0.2, 0.25) is 0 Å². The second kappa shape index (κ2) is 10.8. The molecular weight excluding hydrogens is 456 g/mol. The molecule has 0 atom stereocenters. The summed E-state index contributed by atoms with van der Waals surface area (Å²) in [5, 5.41) is 3.32. The molecule has 2 fully saturated rings. The zero-order valence-corrected chi connectivity index (χ0v) is 20.1. The monoisotopic (exact) mass is 486 g/mol. The van der Waals surface area contributed by atoms with Crippen LogP contribution in [-0.4, -0.2) is 79.2 Å². The average Bonchev–Trinajstić information content (AvgIpc) is 3.39. The van der Waals surface area contributed by atoms with E-state index in [1.54, 1.807) is 6.20 Å². The van der Waals surface area contributed by atoms with E-state index in [-0.39, 0.29) is 5.91 Å². The molecular formula is C27H30N6O3. The van der Waals surface area contributed by atoms with Gasteiger partial charge < -0.3 is 30.6 Å². The number of aromatic amines is 1. The molecule has 9 nitrogen and oxygen atoms in total. The Labute approximate surface area is 209 Å². The minimum atomic E-state index is -0.448. The van der Waals surface area contributed by atoms with Crippen LogP contribution in [0.15, 0.2) is 48.7 Å². The van der Waals surface area contributed by atoms with Gasteiger partial charge in [0, 0.05) is 62.3 Å². The van der Waals surface area contributed by atoms with Gasteiger partial charge in [-0.15, -0.1) is 0 Å². The van der Waals surface area contributed by atoms with Crippen molar-refractivity contribution in [2.24, 2.45) is 5.73 Å². The molecule has 2 saturated heterocycles. The summed E-state index contributed by atoms with van der Waals surface area (Å²) >= 11 is 0. The number of hydrogen-bond acceptors (Lipinski definition) is 6. The first kappa shape index (κ1) is 23.8. The average molecular weight is 487 g/mol. The zero-order valence-electron chi connectivity index (χ0n) is 20.1. The molecule has 0 radical (unpaired) electrons. The summed E-state index contributed by atoms with van der Waals surface area (Å²) < 4.78 is 5.32. The number of carbonyl (C=O) groups excluding carboxylic acids is 2. The minimum absolute atomic E-state index is 0.0321. The Morgan fingerprint density at radius 3 is 2.44 bits per heavy atom. The van der Waals surface area contributed by atoms with Crippen molar-refractivity contribution in [1.29, 1.82) is 0 Å². The van der Waals surface area contributed by atoms with Crippen molar-refractivity contribution in [2.75, 3.05) is 57.4 Å². The zero-order chi connectivity index (χ0) is 24.9. The van der Waals surface area contributed by atoms with Gasteiger partial charge in [-0.05, 0) is 42.0 Å². The number of hydrogen-bond donors (Lipinski definition) is 3. The molecule has 0 saturated carbocycles. The number of piperazine rings is 1. The summed E-state index contributed by atoms with van der Waals surface area (Å²) in [7, 11) is 0. The van der Waals surface area contributed by atoms with E-state index in [0.717, 1.165) is 54.5 Å². The predicted octanol–water partition coefficient (Wildman–Crippen LogP) is 2.23. The smallest absolute Gasteiger partial charge is 0.254 e. The predicted molar refractivity (Wildman–Crippen MR) is 140 cm³/mol. The third-order valence-corrected chi connectivity index (χ3v) is 6.49. The lowest BCUT2D eigenvalue weighted by atomic mass is 10.1. The van der Waals surface area contributed by atoms with Gasteiger partial charge in [-0.3, -0.25) is 14.6 Å². The molecule has 5 rings (SSSR count). The van der Waals surface area contributed by atoms with E-state index < -0.39 is 5.91 Å². The lowest BCUT2D eigenvalue weighted by molar-refractivity contribution is 0.0303. The summed E-state index contributed by atoms with van der Waals surface area (Å²) in [6.45, 7) is 5.76. The number of rotatable bonds is 6. The van der Waals surface area contributed by atoms with Gasteiger partial charge >= 0.3 is 0 Å². The molecule has 186 valence electrons. The molecule has 36 heavy (non-hydrogen) atoms. The third-order valence-electron chi connectivity index (χ3n) is 6.49. The van der Waals surface area contributed by atoms with Crippen molar-refractivity contribution >= 4 is 29.8 Å². The number of amides is 2. The van der Waals surface area contributed by atoms with Crippen LogP contribution in [0.25, 0.3) is 23.4 Å².